The Morgan fingerprint density at radius 3 is 1.03 bits per heavy atom. The maximum atomic E-state index is 13.9. The Labute approximate surface area is 407 Å². The first-order valence-corrected chi connectivity index (χ1v) is 23.0. The first-order chi connectivity index (χ1) is 34.0. The van der Waals surface area contributed by atoms with Crippen LogP contribution in [0.5, 0.6) is 23.0 Å². The van der Waals surface area contributed by atoms with Crippen LogP contribution in [0.1, 0.15) is 57.8 Å². The molecule has 2 amide bonds. The Kier molecular flexibility index (Phi) is 13.1. The smallest absolute Gasteiger partial charge is 0.259 e. The van der Waals surface area contributed by atoms with Crippen LogP contribution in [0.4, 0.5) is 11.4 Å². The minimum atomic E-state index is -0.317. The average molecular weight is 927 g/mol. The number of benzene rings is 9. The number of hydrogen-bond donors (Lipinski definition) is 4. The van der Waals surface area contributed by atoms with Crippen LogP contribution in [0.2, 0.25) is 0 Å². The maximum absolute atomic E-state index is 13.9. The fraction of sp³-hybridized carbons (Fsp3) is 0.133. The van der Waals surface area contributed by atoms with Gasteiger partial charge in [0.2, 0.25) is 0 Å². The van der Waals surface area contributed by atoms with Crippen molar-refractivity contribution in [2.24, 2.45) is 0 Å². The summed E-state index contributed by atoms with van der Waals surface area (Å²) < 4.78 is 23.6. The highest BCUT2D eigenvalue weighted by atomic mass is 16.5. The van der Waals surface area contributed by atoms with Gasteiger partial charge < -0.3 is 41.0 Å². The van der Waals surface area contributed by atoms with Crippen LogP contribution in [0, 0.1) is 0 Å². The van der Waals surface area contributed by atoms with Gasteiger partial charge in [-0.3, -0.25) is 9.59 Å². The molecule has 0 heterocycles. The standard InChI is InChI=1S/C60H54N4O6/c1-35(37-17-9-7-10-18-37)63-59(65)55-49(67-3)31-41(32-50(55)68-4)43-25-13-21-39-23-15-27-45(53(39)43)47-29-30-48(58(62)57(47)61)46-28-16-24-40-22-14-26-44(54(40)46)42-33-51(69-5)56(52(34-42)70-6)60(66)64-36(2)38-19-11-8-12-20-38/h7-36H,61-62H2,1-6H3,(H,63,65)(H,64,66). The number of methoxy groups -OCH3 is 4. The van der Waals surface area contributed by atoms with E-state index in [0.29, 0.717) is 45.5 Å². The molecule has 0 saturated carbocycles. The van der Waals surface area contributed by atoms with Crippen molar-refractivity contribution in [1.29, 1.82) is 0 Å². The normalized spacial score (nSPS) is 12.0. The van der Waals surface area contributed by atoms with E-state index < -0.39 is 0 Å². The average Bonchev–Trinajstić information content (AvgIpc) is 3.40. The first-order valence-electron chi connectivity index (χ1n) is 23.0. The Morgan fingerprint density at radius 2 is 0.714 bits per heavy atom. The lowest BCUT2D eigenvalue weighted by Crippen LogP contribution is -2.27. The minimum Gasteiger partial charge on any atom is -0.496 e. The van der Waals surface area contributed by atoms with Crippen molar-refractivity contribution in [3.63, 3.8) is 0 Å². The fourth-order valence-corrected chi connectivity index (χ4v) is 9.49. The highest BCUT2D eigenvalue weighted by Gasteiger charge is 2.26. The van der Waals surface area contributed by atoms with Crippen LogP contribution >= 0.6 is 0 Å². The zero-order valence-electron chi connectivity index (χ0n) is 39.9. The Bertz CT molecular complexity index is 3140. The van der Waals surface area contributed by atoms with E-state index in [0.717, 1.165) is 77.2 Å². The molecule has 9 aromatic carbocycles. The molecule has 0 saturated heterocycles. The van der Waals surface area contributed by atoms with Gasteiger partial charge in [-0.1, -0.05) is 146 Å². The summed E-state index contributed by atoms with van der Waals surface area (Å²) in [4.78, 5) is 27.8. The van der Waals surface area contributed by atoms with E-state index in [-0.39, 0.29) is 23.9 Å². The molecule has 350 valence electrons. The van der Waals surface area contributed by atoms with Crippen molar-refractivity contribution in [3.05, 3.63) is 192 Å². The summed E-state index contributed by atoms with van der Waals surface area (Å²) in [7, 11) is 6.20. The summed E-state index contributed by atoms with van der Waals surface area (Å²) in [6, 6.07) is 55.0. The van der Waals surface area contributed by atoms with Crippen LogP contribution < -0.4 is 41.0 Å². The van der Waals surface area contributed by atoms with Gasteiger partial charge in [-0.15, -0.1) is 0 Å². The first kappa shape index (κ1) is 46.4. The van der Waals surface area contributed by atoms with Crippen molar-refractivity contribution in [1.82, 2.24) is 10.6 Å². The number of rotatable bonds is 14. The van der Waals surface area contributed by atoms with E-state index in [9.17, 15) is 9.59 Å². The molecule has 0 aliphatic rings. The number of ether oxygens (including phenoxy) is 4. The third-order valence-electron chi connectivity index (χ3n) is 13.1. The third kappa shape index (κ3) is 8.67. The van der Waals surface area contributed by atoms with Gasteiger partial charge in [0.05, 0.1) is 51.9 Å². The molecule has 0 spiro atoms. The zero-order valence-corrected chi connectivity index (χ0v) is 39.9. The topological polar surface area (TPSA) is 147 Å². The van der Waals surface area contributed by atoms with Crippen LogP contribution in [0.25, 0.3) is 66.1 Å². The second-order valence-corrected chi connectivity index (χ2v) is 17.1. The number of carbonyl (C=O) groups is 2. The van der Waals surface area contributed by atoms with Gasteiger partial charge in [-0.2, -0.15) is 0 Å². The summed E-state index contributed by atoms with van der Waals surface area (Å²) in [6.45, 7) is 3.88. The lowest BCUT2D eigenvalue weighted by molar-refractivity contribution is 0.0924. The number of hydrogen-bond acceptors (Lipinski definition) is 8. The zero-order chi connectivity index (χ0) is 49.1. The maximum Gasteiger partial charge on any atom is 0.259 e. The van der Waals surface area contributed by atoms with Crippen molar-refractivity contribution in [3.8, 4) is 67.5 Å². The number of amides is 2. The Morgan fingerprint density at radius 1 is 0.400 bits per heavy atom. The number of anilines is 2. The molecule has 0 aliphatic heterocycles. The molecule has 10 heteroatoms. The number of nitrogens with two attached hydrogens (primary N) is 2. The number of nitrogens with one attached hydrogen (secondary N) is 2. The van der Waals surface area contributed by atoms with Crippen molar-refractivity contribution in [2.75, 3.05) is 39.9 Å². The van der Waals surface area contributed by atoms with Gasteiger partial charge in [0, 0.05) is 11.1 Å². The van der Waals surface area contributed by atoms with E-state index in [1.54, 1.807) is 28.4 Å². The number of fused-ring (bicyclic) bond motifs is 2. The highest BCUT2D eigenvalue weighted by Crippen LogP contribution is 2.47. The largest absolute Gasteiger partial charge is 0.496 e. The van der Waals surface area contributed by atoms with Crippen molar-refractivity contribution in [2.45, 2.75) is 25.9 Å². The summed E-state index contributed by atoms with van der Waals surface area (Å²) in [5, 5.41) is 10.0. The van der Waals surface area contributed by atoms with Crippen molar-refractivity contribution >= 4 is 44.7 Å². The second kappa shape index (κ2) is 19.8. The molecular weight excluding hydrogens is 873 g/mol. The number of nitrogen functional groups attached to an aromatic ring is 2. The van der Waals surface area contributed by atoms with E-state index >= 15 is 0 Å². The molecule has 0 aromatic heterocycles. The van der Waals surface area contributed by atoms with E-state index in [4.69, 9.17) is 30.4 Å². The molecule has 0 radical (unpaired) electrons. The lowest BCUT2D eigenvalue weighted by Gasteiger charge is -2.21. The predicted octanol–water partition coefficient (Wildman–Crippen LogP) is 12.8. The van der Waals surface area contributed by atoms with Gasteiger partial charge >= 0.3 is 0 Å². The summed E-state index contributed by atoms with van der Waals surface area (Å²) in [5.41, 5.74) is 24.3. The van der Waals surface area contributed by atoms with E-state index in [2.05, 4.69) is 34.9 Å². The molecule has 9 rings (SSSR count). The predicted molar refractivity (Wildman–Crippen MR) is 283 cm³/mol. The molecule has 0 fully saturated rings. The van der Waals surface area contributed by atoms with Gasteiger partial charge in [0.15, 0.2) is 0 Å². The molecule has 9 aromatic rings. The van der Waals surface area contributed by atoms with Crippen LogP contribution in [-0.4, -0.2) is 40.3 Å². The summed E-state index contributed by atoms with van der Waals surface area (Å²) in [6.07, 6.45) is 0. The van der Waals surface area contributed by atoms with Crippen molar-refractivity contribution < 1.29 is 28.5 Å². The SMILES string of the molecule is COc1cc(-c2cccc3cccc(-c4ccc(-c5cccc6cccc(-c7cc(OC)c(C(=O)NC(C)c8ccccc8)c(OC)c7)c56)c(N)c4N)c23)cc(OC)c1C(=O)NC(C)c1ccccc1. The molecule has 2 unspecified atom stereocenters. The van der Waals surface area contributed by atoms with Crippen LogP contribution in [0.15, 0.2) is 170 Å². The third-order valence-corrected chi connectivity index (χ3v) is 13.1. The molecule has 70 heavy (non-hydrogen) atoms. The monoisotopic (exact) mass is 926 g/mol. The Balaban J connectivity index is 1.11. The molecule has 10 nitrogen and oxygen atoms in total. The minimum absolute atomic E-state index is 0.253. The van der Waals surface area contributed by atoms with Gasteiger partial charge in [-0.05, 0) is 104 Å². The van der Waals surface area contributed by atoms with Gasteiger partial charge in [0.25, 0.3) is 11.8 Å². The molecule has 0 bridgehead atoms. The molecule has 0 aliphatic carbocycles. The van der Waals surface area contributed by atoms with Crippen LogP contribution in [0.3, 0.4) is 0 Å². The molecular formula is C60H54N4O6. The highest BCUT2D eigenvalue weighted by molar-refractivity contribution is 6.13. The number of carbonyl (C=O) groups excluding carboxylic acids is 2. The van der Waals surface area contributed by atoms with Crippen LogP contribution in [-0.2, 0) is 0 Å². The molecule has 6 N–H and O–H groups in total. The second-order valence-electron chi connectivity index (χ2n) is 17.1. The lowest BCUT2D eigenvalue weighted by atomic mass is 9.87. The quantitative estimate of drug-likeness (QED) is 0.0788. The summed E-state index contributed by atoms with van der Waals surface area (Å²) in [5.74, 6) is 0.852. The summed E-state index contributed by atoms with van der Waals surface area (Å²) >= 11 is 0. The molecule has 2 atom stereocenters. The Hall–Kier alpha value is -8.76. The van der Waals surface area contributed by atoms with E-state index in [1.807, 2.05) is 159 Å². The van der Waals surface area contributed by atoms with Gasteiger partial charge in [0.1, 0.15) is 34.1 Å². The van der Waals surface area contributed by atoms with E-state index in [1.165, 1.54) is 0 Å². The van der Waals surface area contributed by atoms with Gasteiger partial charge in [-0.25, -0.2) is 0 Å². The fourth-order valence-electron chi connectivity index (χ4n) is 9.49.